The molecule has 0 bridgehead atoms. The molecule has 1 unspecified atom stereocenters. The van der Waals surface area contributed by atoms with Gasteiger partial charge in [0.2, 0.25) is 5.89 Å². The maximum atomic E-state index is 11.0. The fraction of sp³-hybridized carbons (Fsp3) is 0.250. The van der Waals surface area contributed by atoms with Crippen molar-refractivity contribution in [2.75, 3.05) is 7.11 Å². The number of benzene rings is 2. The monoisotopic (exact) mass is 405 g/mol. The van der Waals surface area contributed by atoms with Gasteiger partial charge in [0, 0.05) is 5.56 Å². The summed E-state index contributed by atoms with van der Waals surface area (Å²) in [5.41, 5.74) is 2.42. The van der Waals surface area contributed by atoms with E-state index in [0.29, 0.717) is 23.1 Å². The number of ether oxygens (including phenoxy) is 2. The molecule has 0 aliphatic carbocycles. The average Bonchev–Trinajstić information content (AvgIpc) is 3.12. The Kier molecular flexibility index (Phi) is 6.76. The van der Waals surface area contributed by atoms with E-state index in [1.807, 2.05) is 43.3 Å². The van der Waals surface area contributed by atoms with Crippen LogP contribution in [0.4, 0.5) is 0 Å². The number of carbonyl (C=O) groups is 1. The van der Waals surface area contributed by atoms with Crippen molar-refractivity contribution in [3.05, 3.63) is 65.5 Å². The zero-order valence-corrected chi connectivity index (χ0v) is 17.1. The highest BCUT2D eigenvalue weighted by Crippen LogP contribution is 2.26. The summed E-state index contributed by atoms with van der Waals surface area (Å²) < 4.78 is 16.8. The van der Waals surface area contributed by atoms with Gasteiger partial charge in [-0.15, -0.1) is 5.92 Å². The molecule has 0 spiro atoms. The number of aromatic nitrogens is 1. The highest BCUT2D eigenvalue weighted by Gasteiger charge is 2.14. The lowest BCUT2D eigenvalue weighted by Gasteiger charge is -2.10. The van der Waals surface area contributed by atoms with Crippen LogP contribution in [0.15, 0.2) is 52.9 Å². The van der Waals surface area contributed by atoms with Gasteiger partial charge >= 0.3 is 5.97 Å². The van der Waals surface area contributed by atoms with Crippen molar-refractivity contribution in [3.63, 3.8) is 0 Å². The molecule has 0 saturated carbocycles. The molecule has 2 aromatic carbocycles. The number of nitrogens with zero attached hydrogens (tertiary/aromatic N) is 1. The minimum absolute atomic E-state index is 0.0344. The van der Waals surface area contributed by atoms with Gasteiger partial charge in [0.1, 0.15) is 29.6 Å². The van der Waals surface area contributed by atoms with Crippen molar-refractivity contribution >= 4 is 5.97 Å². The molecule has 6 nitrogen and oxygen atoms in total. The van der Waals surface area contributed by atoms with E-state index in [1.54, 1.807) is 26.2 Å². The summed E-state index contributed by atoms with van der Waals surface area (Å²) in [7, 11) is 1.62. The molecule has 3 aromatic rings. The van der Waals surface area contributed by atoms with E-state index in [-0.39, 0.29) is 18.9 Å². The molecule has 30 heavy (non-hydrogen) atoms. The van der Waals surface area contributed by atoms with Crippen molar-refractivity contribution in [2.45, 2.75) is 32.8 Å². The van der Waals surface area contributed by atoms with Gasteiger partial charge in [-0.3, -0.25) is 4.79 Å². The topological polar surface area (TPSA) is 81.8 Å². The largest absolute Gasteiger partial charge is 0.497 e. The average molecular weight is 405 g/mol. The first-order valence-corrected chi connectivity index (χ1v) is 9.47. The van der Waals surface area contributed by atoms with Crippen molar-refractivity contribution in [1.82, 2.24) is 4.98 Å². The number of hydrogen-bond donors (Lipinski definition) is 1. The van der Waals surface area contributed by atoms with Crippen LogP contribution in [-0.4, -0.2) is 23.2 Å². The molecule has 0 fully saturated rings. The number of methoxy groups -OCH3 is 1. The number of rotatable bonds is 8. The Balaban J connectivity index is 1.67. The highest BCUT2D eigenvalue weighted by atomic mass is 16.5. The zero-order chi connectivity index (χ0) is 21.5. The molecular formula is C24H23NO5. The minimum Gasteiger partial charge on any atom is -0.497 e. The quantitative estimate of drug-likeness (QED) is 0.541. The predicted octanol–water partition coefficient (Wildman–Crippen LogP) is 4.82. The van der Waals surface area contributed by atoms with Gasteiger partial charge in [-0.05, 0) is 55.8 Å². The van der Waals surface area contributed by atoms with Crippen LogP contribution < -0.4 is 9.47 Å². The van der Waals surface area contributed by atoms with Gasteiger partial charge in [-0.1, -0.05) is 18.1 Å². The van der Waals surface area contributed by atoms with Crippen molar-refractivity contribution < 1.29 is 23.8 Å². The van der Waals surface area contributed by atoms with E-state index in [4.69, 9.17) is 19.0 Å². The molecule has 0 aliphatic heterocycles. The molecule has 1 N–H and O–H groups in total. The van der Waals surface area contributed by atoms with Crippen LogP contribution >= 0.6 is 0 Å². The molecule has 154 valence electrons. The van der Waals surface area contributed by atoms with Gasteiger partial charge in [-0.2, -0.15) is 0 Å². The smallest absolute Gasteiger partial charge is 0.304 e. The van der Waals surface area contributed by atoms with Crippen LogP contribution in [0.5, 0.6) is 11.5 Å². The number of hydrogen-bond acceptors (Lipinski definition) is 5. The molecule has 0 saturated heterocycles. The van der Waals surface area contributed by atoms with Crippen LogP contribution in [0.2, 0.25) is 0 Å². The summed E-state index contributed by atoms with van der Waals surface area (Å²) in [4.78, 5) is 15.6. The third-order valence-corrected chi connectivity index (χ3v) is 4.58. The van der Waals surface area contributed by atoms with Gasteiger partial charge in [0.15, 0.2) is 0 Å². The normalized spacial score (nSPS) is 11.3. The fourth-order valence-corrected chi connectivity index (χ4v) is 2.97. The Morgan fingerprint density at radius 2 is 1.80 bits per heavy atom. The second-order valence-corrected chi connectivity index (χ2v) is 6.65. The molecule has 0 aliphatic rings. The highest BCUT2D eigenvalue weighted by molar-refractivity contribution is 5.69. The summed E-state index contributed by atoms with van der Waals surface area (Å²) in [5, 5.41) is 9.06. The maximum absolute atomic E-state index is 11.0. The SMILES string of the molecule is CC#CC(CC(=O)O)c1ccc(OCc2nc(-c3ccc(OC)cc3)oc2C)cc1. The Labute approximate surface area is 175 Å². The number of oxazole rings is 1. The minimum atomic E-state index is -0.878. The third-order valence-electron chi connectivity index (χ3n) is 4.58. The van der Waals surface area contributed by atoms with Gasteiger partial charge < -0.3 is 19.0 Å². The van der Waals surface area contributed by atoms with Gasteiger partial charge in [0.25, 0.3) is 0 Å². The first-order chi connectivity index (χ1) is 14.5. The molecular weight excluding hydrogens is 382 g/mol. The summed E-state index contributed by atoms with van der Waals surface area (Å²) in [6.45, 7) is 3.81. The Morgan fingerprint density at radius 1 is 1.13 bits per heavy atom. The predicted molar refractivity (Wildman–Crippen MR) is 112 cm³/mol. The van der Waals surface area contributed by atoms with E-state index in [9.17, 15) is 4.79 Å². The van der Waals surface area contributed by atoms with E-state index >= 15 is 0 Å². The summed E-state index contributed by atoms with van der Waals surface area (Å²) >= 11 is 0. The van der Waals surface area contributed by atoms with Crippen LogP contribution in [-0.2, 0) is 11.4 Å². The van der Waals surface area contributed by atoms with Crippen molar-refractivity contribution in [1.29, 1.82) is 0 Å². The van der Waals surface area contributed by atoms with Crippen molar-refractivity contribution in [3.8, 4) is 34.8 Å². The van der Waals surface area contributed by atoms with E-state index in [0.717, 1.165) is 16.9 Å². The van der Waals surface area contributed by atoms with Crippen LogP contribution in [0, 0.1) is 18.8 Å². The standard InChI is InChI=1S/C24H23NO5/c1-4-5-19(14-23(26)27)17-6-12-21(13-7-17)29-15-22-16(2)30-24(25-22)18-8-10-20(28-3)11-9-18/h6-13,19H,14-15H2,1-3H3,(H,26,27). The second kappa shape index (κ2) is 9.66. The Hall–Kier alpha value is -3.72. The number of aliphatic carboxylic acids is 1. The molecule has 1 heterocycles. The molecule has 0 radical (unpaired) electrons. The first kappa shape index (κ1) is 21.0. The van der Waals surface area contributed by atoms with Gasteiger partial charge in [-0.25, -0.2) is 4.98 Å². The molecule has 3 rings (SSSR count). The number of aryl methyl sites for hydroxylation is 1. The molecule has 0 amide bonds. The molecule has 1 atom stereocenters. The lowest BCUT2D eigenvalue weighted by atomic mass is 9.96. The maximum Gasteiger partial charge on any atom is 0.304 e. The Morgan fingerprint density at radius 3 is 2.40 bits per heavy atom. The van der Waals surface area contributed by atoms with Crippen LogP contribution in [0.25, 0.3) is 11.5 Å². The summed E-state index contributed by atoms with van der Waals surface area (Å²) in [5.74, 6) is 7.16. The van der Waals surface area contributed by atoms with E-state index in [2.05, 4.69) is 16.8 Å². The Bertz CT molecular complexity index is 1060. The van der Waals surface area contributed by atoms with Crippen LogP contribution in [0.1, 0.15) is 36.3 Å². The third kappa shape index (κ3) is 5.21. The van der Waals surface area contributed by atoms with Gasteiger partial charge in [0.05, 0.1) is 19.4 Å². The van der Waals surface area contributed by atoms with E-state index < -0.39 is 5.97 Å². The van der Waals surface area contributed by atoms with Crippen molar-refractivity contribution in [2.24, 2.45) is 0 Å². The fourth-order valence-electron chi connectivity index (χ4n) is 2.97. The summed E-state index contributed by atoms with van der Waals surface area (Å²) in [6, 6.07) is 14.8. The second-order valence-electron chi connectivity index (χ2n) is 6.65. The lowest BCUT2D eigenvalue weighted by molar-refractivity contribution is -0.137. The lowest BCUT2D eigenvalue weighted by Crippen LogP contribution is -2.04. The summed E-state index contributed by atoms with van der Waals surface area (Å²) in [6.07, 6.45) is -0.0344. The molecule has 6 heteroatoms. The van der Waals surface area contributed by atoms with Crippen LogP contribution in [0.3, 0.4) is 0 Å². The molecule has 1 aromatic heterocycles. The first-order valence-electron chi connectivity index (χ1n) is 9.47. The van der Waals surface area contributed by atoms with E-state index in [1.165, 1.54) is 0 Å². The number of carboxylic acids is 1. The number of carboxylic acid groups (broad SMARTS) is 1. The zero-order valence-electron chi connectivity index (χ0n) is 17.1.